The van der Waals surface area contributed by atoms with E-state index in [0.717, 1.165) is 13.0 Å². The van der Waals surface area contributed by atoms with E-state index >= 15 is 0 Å². The number of carbonyl (C=O) groups excluding carboxylic acids is 1. The van der Waals surface area contributed by atoms with E-state index in [2.05, 4.69) is 22.5 Å². The van der Waals surface area contributed by atoms with Gasteiger partial charge in [0, 0.05) is 20.2 Å². The van der Waals surface area contributed by atoms with Gasteiger partial charge in [0.1, 0.15) is 10.7 Å². The number of ether oxygens (including phenoxy) is 1. The Balaban J connectivity index is 1.89. The first-order valence-electron chi connectivity index (χ1n) is 6.87. The van der Waals surface area contributed by atoms with E-state index in [-0.39, 0.29) is 11.7 Å². The number of nitrogen functional groups attached to an aromatic ring is 1. The number of anilines is 2. The Labute approximate surface area is 123 Å². The lowest BCUT2D eigenvalue weighted by Crippen LogP contribution is -2.29. The zero-order valence-electron chi connectivity index (χ0n) is 12.0. The average molecular weight is 298 g/mol. The molecule has 112 valence electrons. The highest BCUT2D eigenvalue weighted by Gasteiger charge is 2.40. The standard InChI is InChI=1S/C13H22N4O2S/c1-3-13(4-5-13)8-16-11(18)9-10(14)17-12(20-9)15-6-7-19-2/h3-8,14H2,1-2H3,(H,15,17)(H,16,18). The number of nitrogens with zero attached hydrogens (tertiary/aromatic N) is 1. The van der Waals surface area contributed by atoms with Gasteiger partial charge in [0.2, 0.25) is 0 Å². The van der Waals surface area contributed by atoms with Crippen molar-refractivity contribution in [2.75, 3.05) is 37.9 Å². The highest BCUT2D eigenvalue weighted by molar-refractivity contribution is 7.18. The Hall–Kier alpha value is -1.34. The van der Waals surface area contributed by atoms with Crippen molar-refractivity contribution < 1.29 is 9.53 Å². The predicted octanol–water partition coefficient (Wildman–Crippen LogP) is 1.70. The van der Waals surface area contributed by atoms with Crippen molar-refractivity contribution in [1.82, 2.24) is 10.3 Å². The Bertz CT molecular complexity index is 471. The second kappa shape index (κ2) is 6.41. The Morgan fingerprint density at radius 3 is 2.90 bits per heavy atom. The molecule has 1 aromatic rings. The minimum Gasteiger partial charge on any atom is -0.383 e. The van der Waals surface area contributed by atoms with Crippen molar-refractivity contribution >= 4 is 28.2 Å². The molecule has 1 amide bonds. The molecule has 4 N–H and O–H groups in total. The highest BCUT2D eigenvalue weighted by Crippen LogP contribution is 2.47. The average Bonchev–Trinajstić information content (AvgIpc) is 3.14. The summed E-state index contributed by atoms with van der Waals surface area (Å²) in [5.74, 6) is 0.160. The van der Waals surface area contributed by atoms with Gasteiger partial charge in [0.25, 0.3) is 5.91 Å². The Morgan fingerprint density at radius 2 is 2.30 bits per heavy atom. The summed E-state index contributed by atoms with van der Waals surface area (Å²) in [5.41, 5.74) is 6.13. The molecule has 0 aromatic carbocycles. The van der Waals surface area contributed by atoms with Crippen LogP contribution >= 0.6 is 11.3 Å². The quantitative estimate of drug-likeness (QED) is 0.636. The zero-order valence-corrected chi connectivity index (χ0v) is 12.8. The van der Waals surface area contributed by atoms with Crippen LogP contribution in [0, 0.1) is 5.41 Å². The molecule has 0 atom stereocenters. The van der Waals surface area contributed by atoms with Crippen LogP contribution in [0.5, 0.6) is 0 Å². The molecule has 0 aliphatic heterocycles. The van der Waals surface area contributed by atoms with Gasteiger partial charge in [0.05, 0.1) is 6.61 Å². The Kier molecular flexibility index (Phi) is 4.82. The van der Waals surface area contributed by atoms with Gasteiger partial charge in [-0.1, -0.05) is 18.3 Å². The maximum Gasteiger partial charge on any atom is 0.265 e. The third-order valence-corrected chi connectivity index (χ3v) is 4.80. The second-order valence-corrected chi connectivity index (χ2v) is 6.19. The van der Waals surface area contributed by atoms with Crippen LogP contribution in [0.1, 0.15) is 35.9 Å². The van der Waals surface area contributed by atoms with Crippen LogP contribution in [0.2, 0.25) is 0 Å². The molecule has 0 spiro atoms. The van der Waals surface area contributed by atoms with Gasteiger partial charge >= 0.3 is 0 Å². The molecule has 1 aromatic heterocycles. The number of methoxy groups -OCH3 is 1. The minimum absolute atomic E-state index is 0.125. The van der Waals surface area contributed by atoms with Crippen LogP contribution in [-0.4, -0.2) is 37.7 Å². The molecule has 1 fully saturated rings. The molecule has 1 aliphatic carbocycles. The summed E-state index contributed by atoms with van der Waals surface area (Å²) in [4.78, 5) is 16.8. The zero-order chi connectivity index (χ0) is 14.6. The fraction of sp³-hybridized carbons (Fsp3) is 0.692. The highest BCUT2D eigenvalue weighted by atomic mass is 32.1. The number of rotatable bonds is 8. The van der Waals surface area contributed by atoms with Gasteiger partial charge in [-0.3, -0.25) is 4.79 Å². The summed E-state index contributed by atoms with van der Waals surface area (Å²) in [6.45, 7) is 4.12. The van der Waals surface area contributed by atoms with E-state index < -0.39 is 0 Å². The summed E-state index contributed by atoms with van der Waals surface area (Å²) < 4.78 is 4.95. The summed E-state index contributed by atoms with van der Waals surface area (Å²) in [6.07, 6.45) is 3.51. The lowest BCUT2D eigenvalue weighted by atomic mass is 10.0. The summed E-state index contributed by atoms with van der Waals surface area (Å²) in [6, 6.07) is 0. The van der Waals surface area contributed by atoms with Crippen LogP contribution in [0.3, 0.4) is 0 Å². The molecule has 0 saturated heterocycles. The van der Waals surface area contributed by atoms with Gasteiger partial charge in [-0.25, -0.2) is 4.98 Å². The topological polar surface area (TPSA) is 89.3 Å². The number of amides is 1. The van der Waals surface area contributed by atoms with Gasteiger partial charge in [-0.15, -0.1) is 0 Å². The number of nitrogens with one attached hydrogen (secondary N) is 2. The first-order valence-corrected chi connectivity index (χ1v) is 7.69. The normalized spacial score (nSPS) is 15.9. The van der Waals surface area contributed by atoms with E-state index in [1.807, 2.05) is 0 Å². The molecule has 6 nitrogen and oxygen atoms in total. The summed E-state index contributed by atoms with van der Waals surface area (Å²) in [5, 5.41) is 6.71. The fourth-order valence-electron chi connectivity index (χ4n) is 2.01. The molecule has 0 bridgehead atoms. The van der Waals surface area contributed by atoms with Crippen molar-refractivity contribution in [3.05, 3.63) is 4.88 Å². The summed E-state index contributed by atoms with van der Waals surface area (Å²) >= 11 is 1.28. The van der Waals surface area contributed by atoms with Gasteiger partial charge < -0.3 is 21.1 Å². The van der Waals surface area contributed by atoms with Crippen LogP contribution in [0.4, 0.5) is 10.9 Å². The predicted molar refractivity (Wildman–Crippen MR) is 81.2 cm³/mol. The number of nitrogens with two attached hydrogens (primary N) is 1. The summed E-state index contributed by atoms with van der Waals surface area (Å²) in [7, 11) is 1.64. The molecule has 7 heteroatoms. The van der Waals surface area contributed by atoms with Crippen molar-refractivity contribution in [3.63, 3.8) is 0 Å². The van der Waals surface area contributed by atoms with E-state index in [1.165, 1.54) is 24.2 Å². The number of carbonyl (C=O) groups is 1. The number of aromatic nitrogens is 1. The van der Waals surface area contributed by atoms with E-state index in [4.69, 9.17) is 10.5 Å². The van der Waals surface area contributed by atoms with Crippen molar-refractivity contribution in [2.24, 2.45) is 5.41 Å². The third-order valence-electron chi connectivity index (χ3n) is 3.77. The number of hydrogen-bond acceptors (Lipinski definition) is 6. The van der Waals surface area contributed by atoms with Crippen LogP contribution in [0.15, 0.2) is 0 Å². The molecule has 1 heterocycles. The monoisotopic (exact) mass is 298 g/mol. The van der Waals surface area contributed by atoms with Crippen molar-refractivity contribution in [3.8, 4) is 0 Å². The fourth-order valence-corrected chi connectivity index (χ4v) is 2.84. The molecular weight excluding hydrogens is 276 g/mol. The lowest BCUT2D eigenvalue weighted by molar-refractivity contribution is 0.0949. The van der Waals surface area contributed by atoms with Crippen LogP contribution in [-0.2, 0) is 4.74 Å². The molecule has 1 saturated carbocycles. The van der Waals surface area contributed by atoms with Crippen molar-refractivity contribution in [1.29, 1.82) is 0 Å². The van der Waals surface area contributed by atoms with Crippen LogP contribution < -0.4 is 16.4 Å². The minimum atomic E-state index is -0.125. The number of thiazole rings is 1. The van der Waals surface area contributed by atoms with Crippen molar-refractivity contribution in [2.45, 2.75) is 26.2 Å². The lowest BCUT2D eigenvalue weighted by Gasteiger charge is -2.12. The Morgan fingerprint density at radius 1 is 1.55 bits per heavy atom. The molecule has 1 aliphatic rings. The molecule has 2 rings (SSSR count). The molecular formula is C13H22N4O2S. The van der Waals surface area contributed by atoms with E-state index in [1.54, 1.807) is 7.11 Å². The largest absolute Gasteiger partial charge is 0.383 e. The maximum absolute atomic E-state index is 12.1. The van der Waals surface area contributed by atoms with Gasteiger partial charge in [0.15, 0.2) is 5.13 Å². The first-order chi connectivity index (χ1) is 9.60. The smallest absolute Gasteiger partial charge is 0.265 e. The number of hydrogen-bond donors (Lipinski definition) is 3. The SMILES string of the molecule is CCC1(CNC(=O)c2sc(NCCOC)nc2N)CC1. The maximum atomic E-state index is 12.1. The van der Waals surface area contributed by atoms with E-state index in [0.29, 0.717) is 28.6 Å². The third kappa shape index (κ3) is 3.61. The van der Waals surface area contributed by atoms with Crippen LogP contribution in [0.25, 0.3) is 0 Å². The first kappa shape index (κ1) is 15.1. The second-order valence-electron chi connectivity index (χ2n) is 5.19. The van der Waals surface area contributed by atoms with E-state index in [9.17, 15) is 4.79 Å². The van der Waals surface area contributed by atoms with Gasteiger partial charge in [-0.05, 0) is 24.7 Å². The molecule has 20 heavy (non-hydrogen) atoms. The molecule has 0 radical (unpaired) electrons. The molecule has 0 unspecified atom stereocenters. The van der Waals surface area contributed by atoms with Gasteiger partial charge in [-0.2, -0.15) is 0 Å².